The summed E-state index contributed by atoms with van der Waals surface area (Å²) < 4.78 is 25.8. The fourth-order valence-corrected chi connectivity index (χ4v) is 3.39. The molecule has 0 aliphatic rings. The molecule has 9 heteroatoms. The average molecular weight is 306 g/mol. The summed E-state index contributed by atoms with van der Waals surface area (Å²) >= 11 is 0.823. The number of rotatable bonds is 6. The lowest BCUT2D eigenvalue weighted by Crippen LogP contribution is -2.29. The molecule has 106 valence electrons. The Kier molecular flexibility index (Phi) is 5.04. The quantitative estimate of drug-likeness (QED) is 0.781. The largest absolute Gasteiger partial charge is 0.478 e. The van der Waals surface area contributed by atoms with Gasteiger partial charge in [0.2, 0.25) is 15.9 Å². The molecule has 1 rings (SSSR count). The van der Waals surface area contributed by atoms with Crippen LogP contribution in [-0.4, -0.2) is 50.9 Å². The van der Waals surface area contributed by atoms with E-state index in [1.54, 1.807) is 14.1 Å². The molecule has 0 spiro atoms. The minimum atomic E-state index is -3.76. The molecule has 0 aromatic carbocycles. The van der Waals surface area contributed by atoms with Gasteiger partial charge in [-0.3, -0.25) is 4.79 Å². The summed E-state index contributed by atoms with van der Waals surface area (Å²) in [5.74, 6) is -1.37. The number of hydrogen-bond acceptors (Lipinski definition) is 5. The van der Waals surface area contributed by atoms with E-state index in [9.17, 15) is 18.0 Å². The summed E-state index contributed by atoms with van der Waals surface area (Å²) in [6, 6.07) is 1.09. The van der Waals surface area contributed by atoms with E-state index in [0.717, 1.165) is 17.4 Å². The molecule has 1 heterocycles. The molecule has 1 aromatic rings. The number of carboxylic acid groups (broad SMARTS) is 1. The van der Waals surface area contributed by atoms with E-state index in [0.29, 0.717) is 0 Å². The van der Waals surface area contributed by atoms with Crippen LogP contribution in [0.5, 0.6) is 0 Å². The van der Waals surface area contributed by atoms with Crippen LogP contribution in [0.25, 0.3) is 0 Å². The Hall–Kier alpha value is -1.45. The molecule has 0 aliphatic carbocycles. The third-order valence-electron chi connectivity index (χ3n) is 2.22. The van der Waals surface area contributed by atoms with E-state index < -0.39 is 16.0 Å². The Bertz CT molecular complexity index is 576. The predicted octanol–water partition coefficient (Wildman–Crippen LogP) is 0.203. The summed E-state index contributed by atoms with van der Waals surface area (Å²) in [6.07, 6.45) is 0.0450. The molecule has 1 aromatic heterocycles. The summed E-state index contributed by atoms with van der Waals surface area (Å²) in [4.78, 5) is 23.3. The number of nitrogens with zero attached hydrogens (tertiary/aromatic N) is 1. The third-order valence-corrected chi connectivity index (χ3v) is 5.12. The molecular weight excluding hydrogens is 292 g/mol. The van der Waals surface area contributed by atoms with Crippen LogP contribution >= 0.6 is 11.3 Å². The number of sulfonamides is 1. The fraction of sp³-hybridized carbons (Fsp3) is 0.400. The normalized spacial score (nSPS) is 11.3. The first-order valence-corrected chi connectivity index (χ1v) is 7.62. The Morgan fingerprint density at radius 3 is 2.53 bits per heavy atom. The highest BCUT2D eigenvalue weighted by molar-refractivity contribution is 7.91. The molecule has 0 radical (unpaired) electrons. The fourth-order valence-electron chi connectivity index (χ4n) is 1.16. The van der Waals surface area contributed by atoms with Gasteiger partial charge in [-0.15, -0.1) is 11.3 Å². The highest BCUT2D eigenvalue weighted by atomic mass is 32.2. The zero-order chi connectivity index (χ0) is 14.6. The van der Waals surface area contributed by atoms with Gasteiger partial charge in [-0.1, -0.05) is 0 Å². The van der Waals surface area contributed by atoms with Crippen LogP contribution in [0.1, 0.15) is 16.8 Å². The standard InChI is InChI=1S/C10H14N2O5S2/c1-12(2)8(13)3-4-11-19(16,17)9-5-7(6-18-9)10(14)15/h5-6,11H,3-4H2,1-2H3,(H,14,15). The van der Waals surface area contributed by atoms with E-state index in [2.05, 4.69) is 4.72 Å². The maximum absolute atomic E-state index is 11.8. The minimum absolute atomic E-state index is 0.0281. The number of aromatic carboxylic acids is 1. The van der Waals surface area contributed by atoms with Gasteiger partial charge in [0.1, 0.15) is 4.21 Å². The van der Waals surface area contributed by atoms with Crippen molar-refractivity contribution in [2.45, 2.75) is 10.6 Å². The number of nitrogens with one attached hydrogen (secondary N) is 1. The van der Waals surface area contributed by atoms with Crippen LogP contribution in [0.2, 0.25) is 0 Å². The molecule has 0 atom stereocenters. The molecule has 0 saturated carbocycles. The number of carboxylic acids is 1. The first-order valence-electron chi connectivity index (χ1n) is 5.25. The van der Waals surface area contributed by atoms with Crippen molar-refractivity contribution in [3.8, 4) is 0 Å². The maximum atomic E-state index is 11.8. The van der Waals surface area contributed by atoms with Gasteiger partial charge in [0.15, 0.2) is 0 Å². The first-order chi connectivity index (χ1) is 8.74. The Balaban J connectivity index is 2.65. The van der Waals surface area contributed by atoms with Crippen LogP contribution in [0.4, 0.5) is 0 Å². The predicted molar refractivity (Wildman–Crippen MR) is 69.8 cm³/mol. The second kappa shape index (κ2) is 6.13. The van der Waals surface area contributed by atoms with Crippen molar-refractivity contribution < 1.29 is 23.1 Å². The molecule has 0 unspecified atom stereocenters. The molecular formula is C10H14N2O5S2. The summed E-state index contributed by atoms with van der Waals surface area (Å²) in [5.41, 5.74) is -0.0743. The van der Waals surface area contributed by atoms with Crippen LogP contribution in [0.15, 0.2) is 15.7 Å². The maximum Gasteiger partial charge on any atom is 0.336 e. The number of hydrogen-bond donors (Lipinski definition) is 2. The molecule has 0 bridgehead atoms. The Labute approximate surface area is 114 Å². The van der Waals surface area contributed by atoms with Gasteiger partial charge in [0.25, 0.3) is 0 Å². The second-order valence-electron chi connectivity index (χ2n) is 3.90. The molecule has 1 amide bonds. The first kappa shape index (κ1) is 15.6. The Morgan fingerprint density at radius 2 is 2.05 bits per heavy atom. The van der Waals surface area contributed by atoms with Crippen LogP contribution < -0.4 is 4.72 Å². The van der Waals surface area contributed by atoms with Crippen molar-refractivity contribution in [3.63, 3.8) is 0 Å². The average Bonchev–Trinajstić information content (AvgIpc) is 2.78. The number of carbonyl (C=O) groups is 2. The molecule has 0 aliphatic heterocycles. The lowest BCUT2D eigenvalue weighted by Gasteiger charge is -2.10. The van der Waals surface area contributed by atoms with Crippen molar-refractivity contribution in [2.75, 3.05) is 20.6 Å². The number of amides is 1. The monoisotopic (exact) mass is 306 g/mol. The van der Waals surface area contributed by atoms with Gasteiger partial charge in [-0.05, 0) is 6.07 Å². The van der Waals surface area contributed by atoms with Gasteiger partial charge < -0.3 is 10.0 Å². The van der Waals surface area contributed by atoms with Crippen molar-refractivity contribution in [2.24, 2.45) is 0 Å². The van der Waals surface area contributed by atoms with Gasteiger partial charge in [-0.2, -0.15) is 0 Å². The number of carbonyl (C=O) groups excluding carboxylic acids is 1. The number of thiophene rings is 1. The van der Waals surface area contributed by atoms with Gasteiger partial charge >= 0.3 is 5.97 Å². The third kappa shape index (κ3) is 4.30. The molecule has 7 nitrogen and oxygen atoms in total. The van der Waals surface area contributed by atoms with Crippen molar-refractivity contribution in [1.29, 1.82) is 0 Å². The topological polar surface area (TPSA) is 104 Å². The van der Waals surface area contributed by atoms with Crippen molar-refractivity contribution >= 4 is 33.2 Å². The Morgan fingerprint density at radius 1 is 1.42 bits per heavy atom. The van der Waals surface area contributed by atoms with Gasteiger partial charge in [-0.25, -0.2) is 17.9 Å². The van der Waals surface area contributed by atoms with E-state index in [4.69, 9.17) is 5.11 Å². The van der Waals surface area contributed by atoms with Crippen molar-refractivity contribution in [3.05, 3.63) is 17.0 Å². The van der Waals surface area contributed by atoms with Crippen LogP contribution in [0.3, 0.4) is 0 Å². The summed E-state index contributed by atoms with van der Waals surface area (Å²) in [7, 11) is -0.603. The molecule has 19 heavy (non-hydrogen) atoms. The van der Waals surface area contributed by atoms with Gasteiger partial charge in [0, 0.05) is 32.4 Å². The van der Waals surface area contributed by atoms with Gasteiger partial charge in [0.05, 0.1) is 5.56 Å². The lowest BCUT2D eigenvalue weighted by atomic mass is 10.4. The van der Waals surface area contributed by atoms with E-state index in [1.165, 1.54) is 10.3 Å². The van der Waals surface area contributed by atoms with Crippen LogP contribution in [-0.2, 0) is 14.8 Å². The zero-order valence-corrected chi connectivity index (χ0v) is 12.0. The lowest BCUT2D eigenvalue weighted by molar-refractivity contribution is -0.128. The zero-order valence-electron chi connectivity index (χ0n) is 10.4. The molecule has 0 saturated heterocycles. The second-order valence-corrected chi connectivity index (χ2v) is 6.80. The highest BCUT2D eigenvalue weighted by Gasteiger charge is 2.18. The summed E-state index contributed by atoms with van der Waals surface area (Å²) in [6.45, 7) is -0.0281. The molecule has 0 fully saturated rings. The SMILES string of the molecule is CN(C)C(=O)CCNS(=O)(=O)c1cc(C(=O)O)cs1. The smallest absolute Gasteiger partial charge is 0.336 e. The van der Waals surface area contributed by atoms with Crippen LogP contribution in [0, 0.1) is 0 Å². The van der Waals surface area contributed by atoms with Crippen molar-refractivity contribution in [1.82, 2.24) is 9.62 Å². The molecule has 2 N–H and O–H groups in total. The van der Waals surface area contributed by atoms with E-state index in [-0.39, 0.29) is 28.6 Å². The van der Waals surface area contributed by atoms with E-state index in [1.807, 2.05) is 0 Å². The summed E-state index contributed by atoms with van der Waals surface area (Å²) in [5, 5.41) is 9.97. The minimum Gasteiger partial charge on any atom is -0.478 e. The van der Waals surface area contributed by atoms with E-state index >= 15 is 0 Å². The highest BCUT2D eigenvalue weighted by Crippen LogP contribution is 2.19.